The average molecular weight is 648 g/mol. The summed E-state index contributed by atoms with van der Waals surface area (Å²) in [6.45, 7) is 6.08. The number of halogens is 1. The predicted molar refractivity (Wildman–Crippen MR) is 168 cm³/mol. The topological polar surface area (TPSA) is 153 Å². The second-order valence-corrected chi connectivity index (χ2v) is 12.0. The molecule has 2 aromatic heterocycles. The van der Waals surface area contributed by atoms with Crippen LogP contribution in [0.5, 0.6) is 0 Å². The third kappa shape index (κ3) is 7.49. The van der Waals surface area contributed by atoms with Crippen LogP contribution in [-0.2, 0) is 14.4 Å². The van der Waals surface area contributed by atoms with Crippen molar-refractivity contribution in [3.8, 4) is 11.1 Å². The van der Waals surface area contributed by atoms with Gasteiger partial charge in [-0.1, -0.05) is 12.1 Å². The highest BCUT2D eigenvalue weighted by molar-refractivity contribution is 9.10. The fraction of sp³-hybridized carbons (Fsp3) is 0.387. The van der Waals surface area contributed by atoms with Crippen LogP contribution in [-0.4, -0.2) is 74.9 Å². The summed E-state index contributed by atoms with van der Waals surface area (Å²) in [5.74, 6) is 0.305. The molecule has 1 aliphatic heterocycles. The number of hydrogen-bond donors (Lipinski definition) is 4. The number of rotatable bonds is 11. The molecule has 5 rings (SSSR count). The number of nitrogens with zero attached hydrogens (tertiary/aromatic N) is 4. The largest absolute Gasteiger partial charge is 0.376 e. The Balaban J connectivity index is 1.33. The first-order chi connectivity index (χ1) is 20.6. The molecule has 4 N–H and O–H groups in total. The lowest BCUT2D eigenvalue weighted by Gasteiger charge is -2.25. The van der Waals surface area contributed by atoms with Crippen molar-refractivity contribution in [1.82, 2.24) is 25.2 Å². The summed E-state index contributed by atoms with van der Waals surface area (Å²) >= 11 is 3.36. The first-order valence-corrected chi connectivity index (χ1v) is 15.1. The first-order valence-electron chi connectivity index (χ1n) is 14.3. The van der Waals surface area contributed by atoms with Crippen molar-refractivity contribution < 1.29 is 14.4 Å². The molecule has 2 aliphatic rings. The van der Waals surface area contributed by atoms with E-state index >= 15 is 0 Å². The number of carbonyl (C=O) groups is 3. The zero-order valence-corrected chi connectivity index (χ0v) is 26.0. The second kappa shape index (κ2) is 13.1. The molecular weight excluding hydrogens is 612 g/mol. The van der Waals surface area contributed by atoms with Gasteiger partial charge in [0.1, 0.15) is 28.0 Å². The highest BCUT2D eigenvalue weighted by Crippen LogP contribution is 2.29. The van der Waals surface area contributed by atoms with E-state index in [1.54, 1.807) is 36.4 Å². The molecule has 0 bridgehead atoms. The van der Waals surface area contributed by atoms with Gasteiger partial charge in [-0.15, -0.1) is 0 Å². The SMILES string of the molecule is CC(=O)C(=N)c1cc(-c2cnc(C)nc2)ccc1NCC(=O)N1CC(CNC2CC2)CC1C(=O)Nc1nc(Br)ccc1C. The molecule has 2 fully saturated rings. The number of Topliss-reactive ketones (excluding diaryl/α,β-unsaturated/α-hetero) is 1. The summed E-state index contributed by atoms with van der Waals surface area (Å²) in [7, 11) is 0. The van der Waals surface area contributed by atoms with Crippen LogP contribution in [0.1, 0.15) is 43.1 Å². The van der Waals surface area contributed by atoms with Gasteiger partial charge in [-0.2, -0.15) is 0 Å². The highest BCUT2D eigenvalue weighted by Gasteiger charge is 2.40. The van der Waals surface area contributed by atoms with Crippen LogP contribution in [0.2, 0.25) is 0 Å². The van der Waals surface area contributed by atoms with Crippen molar-refractivity contribution in [3.05, 3.63) is 64.3 Å². The van der Waals surface area contributed by atoms with Crippen LogP contribution in [0.15, 0.2) is 47.3 Å². The maximum atomic E-state index is 13.6. The molecule has 43 heavy (non-hydrogen) atoms. The first kappa shape index (κ1) is 30.4. The molecule has 11 nitrogen and oxygen atoms in total. The lowest BCUT2D eigenvalue weighted by Crippen LogP contribution is -2.45. The number of aromatic nitrogens is 3. The zero-order chi connectivity index (χ0) is 30.7. The van der Waals surface area contributed by atoms with E-state index in [0.717, 1.165) is 36.1 Å². The summed E-state index contributed by atoms with van der Waals surface area (Å²) in [6, 6.07) is 8.84. The van der Waals surface area contributed by atoms with Crippen LogP contribution >= 0.6 is 15.9 Å². The van der Waals surface area contributed by atoms with E-state index in [4.69, 9.17) is 5.41 Å². The zero-order valence-electron chi connectivity index (χ0n) is 24.4. The van der Waals surface area contributed by atoms with Gasteiger partial charge in [-0.05, 0) is 90.8 Å². The van der Waals surface area contributed by atoms with Gasteiger partial charge in [0.05, 0.1) is 6.54 Å². The summed E-state index contributed by atoms with van der Waals surface area (Å²) < 4.78 is 0.608. The highest BCUT2D eigenvalue weighted by atomic mass is 79.9. The molecule has 1 saturated heterocycles. The van der Waals surface area contributed by atoms with E-state index in [1.165, 1.54) is 6.92 Å². The Labute approximate surface area is 258 Å². The summed E-state index contributed by atoms with van der Waals surface area (Å²) in [5.41, 5.74) is 2.99. The molecule has 2 amide bonds. The average Bonchev–Trinajstić information content (AvgIpc) is 3.73. The minimum absolute atomic E-state index is 0.105. The number of ketones is 1. The molecular formula is C31H35BrN8O3. The van der Waals surface area contributed by atoms with Crippen LogP contribution in [0.25, 0.3) is 11.1 Å². The Hall–Kier alpha value is -4.03. The number of pyridine rings is 1. The van der Waals surface area contributed by atoms with Crippen LogP contribution in [0.4, 0.5) is 11.5 Å². The number of amides is 2. The lowest BCUT2D eigenvalue weighted by molar-refractivity contribution is -0.135. The molecule has 0 radical (unpaired) electrons. The van der Waals surface area contributed by atoms with Crippen LogP contribution in [0.3, 0.4) is 0 Å². The summed E-state index contributed by atoms with van der Waals surface area (Å²) in [6.07, 6.45) is 6.23. The Morgan fingerprint density at radius 2 is 1.81 bits per heavy atom. The number of anilines is 2. The van der Waals surface area contributed by atoms with Crippen molar-refractivity contribution in [2.75, 3.05) is 30.3 Å². The molecule has 12 heteroatoms. The smallest absolute Gasteiger partial charge is 0.248 e. The molecule has 2 unspecified atom stereocenters. The Morgan fingerprint density at radius 3 is 2.51 bits per heavy atom. The van der Waals surface area contributed by atoms with E-state index < -0.39 is 11.8 Å². The van der Waals surface area contributed by atoms with Crippen LogP contribution in [0, 0.1) is 25.2 Å². The molecule has 1 saturated carbocycles. The maximum Gasteiger partial charge on any atom is 0.248 e. The van der Waals surface area contributed by atoms with Gasteiger partial charge < -0.3 is 20.9 Å². The normalized spacial score (nSPS) is 17.9. The van der Waals surface area contributed by atoms with Crippen molar-refractivity contribution in [2.45, 2.75) is 52.1 Å². The molecule has 1 aliphatic carbocycles. The standard InChI is InChI=1S/C31H35BrN8O3/c1-17-4-9-27(32)38-30(17)39-31(43)26-10-20(12-36-23-6-7-23)16-40(26)28(42)15-37-25-8-5-21(11-24(25)29(33)18(2)41)22-13-34-19(3)35-14-22/h4-5,8-9,11,13-14,20,23,26,33,36-37H,6-7,10,12,15-16H2,1-3H3,(H,38,39,43). The minimum Gasteiger partial charge on any atom is -0.376 e. The number of benzene rings is 1. The Bertz CT molecular complexity index is 1560. The third-order valence-electron chi connectivity index (χ3n) is 7.77. The van der Waals surface area contributed by atoms with Gasteiger partial charge in [0.2, 0.25) is 11.8 Å². The van der Waals surface area contributed by atoms with Gasteiger partial charge >= 0.3 is 0 Å². The van der Waals surface area contributed by atoms with E-state index in [0.29, 0.717) is 46.5 Å². The molecule has 224 valence electrons. The van der Waals surface area contributed by atoms with E-state index in [9.17, 15) is 14.4 Å². The van der Waals surface area contributed by atoms with Gasteiger partial charge in [0.25, 0.3) is 0 Å². The quantitative estimate of drug-likeness (QED) is 0.181. The number of likely N-dealkylation sites (tertiary alicyclic amines) is 1. The second-order valence-electron chi connectivity index (χ2n) is 11.2. The van der Waals surface area contributed by atoms with Crippen molar-refractivity contribution in [3.63, 3.8) is 0 Å². The molecule has 1 aromatic carbocycles. The number of carbonyl (C=O) groups excluding carboxylic acids is 3. The molecule has 3 heterocycles. The Kier molecular flexibility index (Phi) is 9.26. The maximum absolute atomic E-state index is 13.6. The lowest BCUT2D eigenvalue weighted by atomic mass is 9.99. The van der Waals surface area contributed by atoms with Crippen molar-refractivity contribution in [1.29, 1.82) is 5.41 Å². The third-order valence-corrected chi connectivity index (χ3v) is 8.21. The predicted octanol–water partition coefficient (Wildman–Crippen LogP) is 3.89. The number of hydrogen-bond acceptors (Lipinski definition) is 9. The van der Waals surface area contributed by atoms with E-state index in [2.05, 4.69) is 46.8 Å². The number of nitrogens with one attached hydrogen (secondary N) is 4. The fourth-order valence-corrected chi connectivity index (χ4v) is 5.45. The van der Waals surface area contributed by atoms with Gasteiger partial charge in [0.15, 0.2) is 5.78 Å². The van der Waals surface area contributed by atoms with E-state index in [1.807, 2.05) is 25.1 Å². The van der Waals surface area contributed by atoms with E-state index in [-0.39, 0.29) is 30.0 Å². The van der Waals surface area contributed by atoms with Crippen molar-refractivity contribution in [2.24, 2.45) is 5.92 Å². The molecule has 2 atom stereocenters. The van der Waals surface area contributed by atoms with Crippen molar-refractivity contribution >= 4 is 50.7 Å². The fourth-order valence-electron chi connectivity index (χ4n) is 5.14. The van der Waals surface area contributed by atoms with Crippen LogP contribution < -0.4 is 16.0 Å². The number of aryl methyl sites for hydroxylation is 2. The monoisotopic (exact) mass is 646 g/mol. The van der Waals surface area contributed by atoms with Gasteiger partial charge in [-0.25, -0.2) is 15.0 Å². The summed E-state index contributed by atoms with van der Waals surface area (Å²) in [4.78, 5) is 53.8. The van der Waals surface area contributed by atoms with Gasteiger partial charge in [0, 0.05) is 48.7 Å². The summed E-state index contributed by atoms with van der Waals surface area (Å²) in [5, 5.41) is 18.0. The molecule has 0 spiro atoms. The minimum atomic E-state index is -0.653. The van der Waals surface area contributed by atoms with Gasteiger partial charge in [-0.3, -0.25) is 19.8 Å². The molecule has 3 aromatic rings. The Morgan fingerprint density at radius 1 is 1.07 bits per heavy atom.